The molecule has 1 nitrogen and oxygen atoms in total. The maximum absolute atomic E-state index is 9.96. The van der Waals surface area contributed by atoms with Gasteiger partial charge in [-0.05, 0) is 34.3 Å². The average molecular weight is 289 g/mol. The van der Waals surface area contributed by atoms with E-state index >= 15 is 0 Å². The van der Waals surface area contributed by atoms with E-state index in [1.165, 1.54) is 30.6 Å². The van der Waals surface area contributed by atoms with Crippen LogP contribution in [0.25, 0.3) is 0 Å². The number of thiophene rings is 1. The van der Waals surface area contributed by atoms with Crippen molar-refractivity contribution in [3.05, 3.63) is 20.8 Å². The quantitative estimate of drug-likeness (QED) is 0.888. The zero-order valence-corrected chi connectivity index (χ0v) is 11.2. The second-order valence-electron chi connectivity index (χ2n) is 4.48. The Bertz CT molecular complexity index is 304. The summed E-state index contributed by atoms with van der Waals surface area (Å²) in [6, 6.07) is 2.11. The molecule has 1 N–H and O–H groups in total. The zero-order valence-electron chi connectivity index (χ0n) is 8.79. The van der Waals surface area contributed by atoms with Crippen molar-refractivity contribution in [3.63, 3.8) is 0 Å². The van der Waals surface area contributed by atoms with Crippen LogP contribution < -0.4 is 0 Å². The van der Waals surface area contributed by atoms with Gasteiger partial charge < -0.3 is 5.11 Å². The van der Waals surface area contributed by atoms with Gasteiger partial charge in [-0.2, -0.15) is 0 Å². The van der Waals surface area contributed by atoms with Gasteiger partial charge in [-0.25, -0.2) is 0 Å². The molecule has 0 amide bonds. The third-order valence-electron chi connectivity index (χ3n) is 3.14. The summed E-state index contributed by atoms with van der Waals surface area (Å²) in [6.45, 7) is 0. The summed E-state index contributed by atoms with van der Waals surface area (Å²) in [5.74, 6) is 0.781. The van der Waals surface area contributed by atoms with Gasteiger partial charge in [0.05, 0.1) is 6.10 Å². The highest BCUT2D eigenvalue weighted by molar-refractivity contribution is 9.10. The molecule has 84 valence electrons. The minimum atomic E-state index is -0.140. The normalized spacial score (nSPS) is 19.6. The number of rotatable bonds is 4. The number of aliphatic hydroxyl groups excluding tert-OH is 1. The topological polar surface area (TPSA) is 20.2 Å². The lowest BCUT2D eigenvalue weighted by molar-refractivity contribution is 0.144. The molecular formula is C12H17BrOS. The van der Waals surface area contributed by atoms with Crippen LogP contribution in [0.4, 0.5) is 0 Å². The van der Waals surface area contributed by atoms with E-state index in [9.17, 15) is 5.11 Å². The van der Waals surface area contributed by atoms with Gasteiger partial charge in [0.25, 0.3) is 0 Å². The Morgan fingerprint density at radius 1 is 1.47 bits per heavy atom. The first-order chi connectivity index (χ1) is 7.24. The van der Waals surface area contributed by atoms with Crippen molar-refractivity contribution in [2.24, 2.45) is 5.92 Å². The molecule has 0 bridgehead atoms. The highest BCUT2D eigenvalue weighted by Gasteiger charge is 2.19. The van der Waals surface area contributed by atoms with Crippen LogP contribution in [0.15, 0.2) is 15.9 Å². The molecule has 1 heterocycles. The van der Waals surface area contributed by atoms with Gasteiger partial charge in [-0.3, -0.25) is 0 Å². The van der Waals surface area contributed by atoms with Crippen LogP contribution in [0.2, 0.25) is 0 Å². The number of hydrogen-bond acceptors (Lipinski definition) is 2. The van der Waals surface area contributed by atoms with E-state index in [1.54, 1.807) is 11.3 Å². The van der Waals surface area contributed by atoms with Gasteiger partial charge in [0, 0.05) is 21.2 Å². The summed E-state index contributed by atoms with van der Waals surface area (Å²) in [4.78, 5) is 1.28. The molecule has 1 saturated carbocycles. The van der Waals surface area contributed by atoms with E-state index < -0.39 is 0 Å². The summed E-state index contributed by atoms with van der Waals surface area (Å²) in [6.07, 6.45) is 7.06. The maximum Gasteiger partial charge on any atom is 0.0591 e. The van der Waals surface area contributed by atoms with Gasteiger partial charge in [0.1, 0.15) is 0 Å². The lowest BCUT2D eigenvalue weighted by atomic mass is 9.98. The van der Waals surface area contributed by atoms with Gasteiger partial charge in [0.15, 0.2) is 0 Å². The fourth-order valence-electron chi connectivity index (χ4n) is 2.41. The molecule has 1 aliphatic rings. The van der Waals surface area contributed by atoms with E-state index in [-0.39, 0.29) is 6.10 Å². The van der Waals surface area contributed by atoms with Crippen molar-refractivity contribution in [2.45, 2.75) is 44.6 Å². The Morgan fingerprint density at radius 3 is 2.80 bits per heavy atom. The van der Waals surface area contributed by atoms with Crippen LogP contribution >= 0.6 is 27.3 Å². The average Bonchev–Trinajstić information content (AvgIpc) is 2.77. The Labute approximate surface area is 104 Å². The summed E-state index contributed by atoms with van der Waals surface area (Å²) < 4.78 is 1.13. The largest absolute Gasteiger partial charge is 0.393 e. The van der Waals surface area contributed by atoms with E-state index in [4.69, 9.17) is 0 Å². The number of hydrogen-bond donors (Lipinski definition) is 1. The molecule has 2 rings (SSSR count). The summed E-state index contributed by atoms with van der Waals surface area (Å²) in [7, 11) is 0. The SMILES string of the molecule is OC(Cc1cc(Br)cs1)CC1CCCC1. The highest BCUT2D eigenvalue weighted by Crippen LogP contribution is 2.30. The third kappa shape index (κ3) is 3.58. The standard InChI is InChI=1S/C12H17BrOS/c13-10-6-12(15-8-10)7-11(14)5-9-3-1-2-4-9/h6,8-9,11,14H,1-5,7H2. The van der Waals surface area contributed by atoms with Crippen molar-refractivity contribution >= 4 is 27.3 Å². The highest BCUT2D eigenvalue weighted by atomic mass is 79.9. The number of halogens is 1. The predicted octanol–water partition coefficient (Wildman–Crippen LogP) is 3.99. The molecule has 15 heavy (non-hydrogen) atoms. The molecule has 1 aromatic rings. The van der Waals surface area contributed by atoms with Crippen LogP contribution in [0.1, 0.15) is 37.0 Å². The van der Waals surface area contributed by atoms with E-state index in [1.807, 2.05) is 0 Å². The third-order valence-corrected chi connectivity index (χ3v) is 4.86. The first-order valence-corrected chi connectivity index (χ1v) is 7.32. The van der Waals surface area contributed by atoms with E-state index in [2.05, 4.69) is 27.4 Å². The Hall–Kier alpha value is 0.140. The van der Waals surface area contributed by atoms with Gasteiger partial charge in [-0.1, -0.05) is 25.7 Å². The molecule has 0 saturated heterocycles. The fourth-order valence-corrected chi connectivity index (χ4v) is 3.93. The van der Waals surface area contributed by atoms with Crippen molar-refractivity contribution in [1.29, 1.82) is 0 Å². The maximum atomic E-state index is 9.96. The van der Waals surface area contributed by atoms with Gasteiger partial charge >= 0.3 is 0 Å². The first kappa shape index (κ1) is 11.6. The minimum absolute atomic E-state index is 0.140. The smallest absolute Gasteiger partial charge is 0.0591 e. The lowest BCUT2D eigenvalue weighted by Gasteiger charge is -2.14. The molecular weight excluding hydrogens is 272 g/mol. The minimum Gasteiger partial charge on any atom is -0.393 e. The zero-order chi connectivity index (χ0) is 10.7. The molecule has 1 aromatic heterocycles. The van der Waals surface area contributed by atoms with Crippen molar-refractivity contribution in [2.75, 3.05) is 0 Å². The van der Waals surface area contributed by atoms with E-state index in [0.29, 0.717) is 0 Å². The predicted molar refractivity (Wildman–Crippen MR) is 68.3 cm³/mol. The van der Waals surface area contributed by atoms with Gasteiger partial charge in [-0.15, -0.1) is 11.3 Å². The van der Waals surface area contributed by atoms with Gasteiger partial charge in [0.2, 0.25) is 0 Å². The molecule has 0 radical (unpaired) electrons. The van der Waals surface area contributed by atoms with Crippen molar-refractivity contribution in [3.8, 4) is 0 Å². The van der Waals surface area contributed by atoms with Crippen LogP contribution in [0.5, 0.6) is 0 Å². The Kier molecular flexibility index (Phi) is 4.23. The summed E-state index contributed by atoms with van der Waals surface area (Å²) >= 11 is 5.17. The molecule has 0 aromatic carbocycles. The van der Waals surface area contributed by atoms with E-state index in [0.717, 1.165) is 23.2 Å². The second-order valence-corrected chi connectivity index (χ2v) is 6.39. The second kappa shape index (κ2) is 5.46. The van der Waals surface area contributed by atoms with Crippen molar-refractivity contribution in [1.82, 2.24) is 0 Å². The van der Waals surface area contributed by atoms with Crippen LogP contribution in [0.3, 0.4) is 0 Å². The monoisotopic (exact) mass is 288 g/mol. The molecule has 1 unspecified atom stereocenters. The summed E-state index contributed by atoms with van der Waals surface area (Å²) in [5.41, 5.74) is 0. The fraction of sp³-hybridized carbons (Fsp3) is 0.667. The Balaban J connectivity index is 1.78. The molecule has 1 atom stereocenters. The molecule has 0 spiro atoms. The lowest BCUT2D eigenvalue weighted by Crippen LogP contribution is -2.14. The van der Waals surface area contributed by atoms with Crippen molar-refractivity contribution < 1.29 is 5.11 Å². The number of aliphatic hydroxyl groups is 1. The summed E-state index contributed by atoms with van der Waals surface area (Å²) in [5, 5.41) is 12.0. The van der Waals surface area contributed by atoms with Crippen LogP contribution in [-0.4, -0.2) is 11.2 Å². The Morgan fingerprint density at radius 2 is 2.20 bits per heavy atom. The molecule has 3 heteroatoms. The molecule has 1 aliphatic carbocycles. The molecule has 0 aliphatic heterocycles. The van der Waals surface area contributed by atoms with Crippen LogP contribution in [-0.2, 0) is 6.42 Å². The van der Waals surface area contributed by atoms with Crippen LogP contribution in [0, 0.1) is 5.92 Å². The molecule has 1 fully saturated rings. The first-order valence-electron chi connectivity index (χ1n) is 5.65.